The quantitative estimate of drug-likeness (QED) is 0.432. The second-order valence-electron chi connectivity index (χ2n) is 7.34. The molecule has 1 saturated heterocycles. The SMILES string of the molecule is CCc1nn(C)c(N2CCC(C(=O)c3ccc4c(c3)OCCO4)CC2)c1[N+](=O)[O-]. The fourth-order valence-electron chi connectivity index (χ4n) is 4.12. The van der Waals surface area contributed by atoms with Crippen LogP contribution in [0.5, 0.6) is 11.5 Å². The number of piperidine rings is 1. The van der Waals surface area contributed by atoms with Crippen LogP contribution in [0.3, 0.4) is 0 Å². The first-order valence-electron chi connectivity index (χ1n) is 9.88. The van der Waals surface area contributed by atoms with Crippen molar-refractivity contribution >= 4 is 17.3 Å². The van der Waals surface area contributed by atoms with Gasteiger partial charge >= 0.3 is 5.69 Å². The minimum atomic E-state index is -0.354. The highest BCUT2D eigenvalue weighted by Crippen LogP contribution is 2.36. The van der Waals surface area contributed by atoms with E-state index in [1.165, 1.54) is 0 Å². The molecule has 2 aromatic rings. The van der Waals surface area contributed by atoms with Crippen LogP contribution in [0.1, 0.15) is 35.8 Å². The molecule has 0 spiro atoms. The van der Waals surface area contributed by atoms with Crippen molar-refractivity contribution in [1.29, 1.82) is 0 Å². The lowest BCUT2D eigenvalue weighted by molar-refractivity contribution is -0.384. The first-order chi connectivity index (χ1) is 14.0. The van der Waals surface area contributed by atoms with E-state index in [0.29, 0.717) is 74.1 Å². The number of ether oxygens (including phenoxy) is 2. The van der Waals surface area contributed by atoms with Gasteiger partial charge in [0.15, 0.2) is 17.3 Å². The number of carbonyl (C=O) groups excluding carboxylic acids is 1. The van der Waals surface area contributed by atoms with Crippen LogP contribution in [0.25, 0.3) is 0 Å². The fraction of sp³-hybridized carbons (Fsp3) is 0.500. The lowest BCUT2D eigenvalue weighted by atomic mass is 9.88. The standard InChI is InChI=1S/C20H24N4O5/c1-3-15-18(24(26)27)20(22(2)21-15)23-8-6-13(7-9-23)19(25)14-4-5-16-17(12-14)29-11-10-28-16/h4-5,12-13H,3,6-11H2,1-2H3. The Labute approximate surface area is 168 Å². The smallest absolute Gasteiger partial charge is 0.334 e. The van der Waals surface area contributed by atoms with E-state index in [4.69, 9.17) is 9.47 Å². The monoisotopic (exact) mass is 400 g/mol. The maximum Gasteiger partial charge on any atom is 0.334 e. The molecule has 1 aromatic carbocycles. The van der Waals surface area contributed by atoms with Gasteiger partial charge in [0, 0.05) is 31.6 Å². The van der Waals surface area contributed by atoms with Crippen LogP contribution in [0.2, 0.25) is 0 Å². The number of Topliss-reactive ketones (excluding diaryl/α,β-unsaturated/α-hetero) is 1. The number of nitrogens with zero attached hydrogens (tertiary/aromatic N) is 4. The molecule has 154 valence electrons. The number of aromatic nitrogens is 2. The number of nitro groups is 1. The van der Waals surface area contributed by atoms with E-state index >= 15 is 0 Å². The molecular formula is C20H24N4O5. The number of carbonyl (C=O) groups is 1. The normalized spacial score (nSPS) is 16.7. The van der Waals surface area contributed by atoms with Crippen LogP contribution < -0.4 is 14.4 Å². The van der Waals surface area contributed by atoms with Gasteiger partial charge in [-0.2, -0.15) is 5.10 Å². The van der Waals surface area contributed by atoms with Crippen LogP contribution in [0, 0.1) is 16.0 Å². The summed E-state index contributed by atoms with van der Waals surface area (Å²) < 4.78 is 12.7. The molecule has 29 heavy (non-hydrogen) atoms. The Morgan fingerprint density at radius 1 is 1.24 bits per heavy atom. The Morgan fingerprint density at radius 2 is 1.93 bits per heavy atom. The van der Waals surface area contributed by atoms with Gasteiger partial charge in [0.05, 0.1) is 4.92 Å². The molecule has 0 amide bonds. The first-order valence-corrected chi connectivity index (χ1v) is 9.88. The molecule has 4 rings (SSSR count). The molecule has 9 heteroatoms. The van der Waals surface area contributed by atoms with E-state index in [2.05, 4.69) is 5.10 Å². The third-order valence-electron chi connectivity index (χ3n) is 5.57. The molecule has 3 heterocycles. The lowest BCUT2D eigenvalue weighted by Gasteiger charge is -2.32. The number of rotatable bonds is 5. The molecular weight excluding hydrogens is 376 g/mol. The summed E-state index contributed by atoms with van der Waals surface area (Å²) >= 11 is 0. The lowest BCUT2D eigenvalue weighted by Crippen LogP contribution is -2.37. The van der Waals surface area contributed by atoms with E-state index in [-0.39, 0.29) is 22.3 Å². The summed E-state index contributed by atoms with van der Waals surface area (Å²) in [5.74, 6) is 1.76. The minimum Gasteiger partial charge on any atom is -0.486 e. The van der Waals surface area contributed by atoms with Crippen molar-refractivity contribution in [3.05, 3.63) is 39.6 Å². The van der Waals surface area contributed by atoms with Gasteiger partial charge in [-0.1, -0.05) is 6.92 Å². The fourth-order valence-corrected chi connectivity index (χ4v) is 4.12. The Kier molecular flexibility index (Phi) is 5.12. The molecule has 1 aromatic heterocycles. The average molecular weight is 400 g/mol. The van der Waals surface area contributed by atoms with E-state index in [1.54, 1.807) is 29.9 Å². The number of fused-ring (bicyclic) bond motifs is 1. The Morgan fingerprint density at radius 3 is 2.59 bits per heavy atom. The van der Waals surface area contributed by atoms with Crippen LogP contribution in [0.4, 0.5) is 11.5 Å². The highest BCUT2D eigenvalue weighted by Gasteiger charge is 2.33. The molecule has 2 aliphatic rings. The topological polar surface area (TPSA) is 99.7 Å². The third kappa shape index (κ3) is 3.52. The van der Waals surface area contributed by atoms with Gasteiger partial charge in [-0.3, -0.25) is 14.9 Å². The number of hydrogen-bond donors (Lipinski definition) is 0. The highest BCUT2D eigenvalue weighted by atomic mass is 16.6. The summed E-state index contributed by atoms with van der Waals surface area (Å²) in [6.07, 6.45) is 1.78. The average Bonchev–Trinajstić information content (AvgIpc) is 3.09. The number of benzene rings is 1. The predicted molar refractivity (Wildman–Crippen MR) is 106 cm³/mol. The van der Waals surface area contributed by atoms with Gasteiger partial charge in [-0.25, -0.2) is 4.68 Å². The summed E-state index contributed by atoms with van der Waals surface area (Å²) in [5.41, 5.74) is 1.18. The van der Waals surface area contributed by atoms with Crippen molar-refractivity contribution < 1.29 is 19.2 Å². The van der Waals surface area contributed by atoms with E-state index < -0.39 is 0 Å². The van der Waals surface area contributed by atoms with Gasteiger partial charge < -0.3 is 14.4 Å². The predicted octanol–water partition coefficient (Wildman–Crippen LogP) is 2.76. The number of anilines is 1. The molecule has 0 radical (unpaired) electrons. The maximum absolute atomic E-state index is 13.0. The molecule has 2 aliphatic heterocycles. The third-order valence-corrected chi connectivity index (χ3v) is 5.57. The number of ketones is 1. The second kappa shape index (κ2) is 7.73. The summed E-state index contributed by atoms with van der Waals surface area (Å²) in [7, 11) is 1.73. The van der Waals surface area contributed by atoms with Gasteiger partial charge in [0.25, 0.3) is 0 Å². The maximum atomic E-state index is 13.0. The number of hydrogen-bond acceptors (Lipinski definition) is 7. The Balaban J connectivity index is 1.48. The minimum absolute atomic E-state index is 0.0756. The summed E-state index contributed by atoms with van der Waals surface area (Å²) in [5, 5.41) is 15.9. The van der Waals surface area contributed by atoms with Crippen LogP contribution in [-0.4, -0.2) is 46.8 Å². The zero-order chi connectivity index (χ0) is 20.5. The largest absolute Gasteiger partial charge is 0.486 e. The van der Waals surface area contributed by atoms with Crippen molar-refractivity contribution in [2.75, 3.05) is 31.2 Å². The van der Waals surface area contributed by atoms with Crippen LogP contribution >= 0.6 is 0 Å². The molecule has 0 N–H and O–H groups in total. The van der Waals surface area contributed by atoms with Crippen molar-refractivity contribution in [2.24, 2.45) is 13.0 Å². The molecule has 0 bridgehead atoms. The van der Waals surface area contributed by atoms with Crippen molar-refractivity contribution in [3.63, 3.8) is 0 Å². The van der Waals surface area contributed by atoms with Crippen LogP contribution in [-0.2, 0) is 13.5 Å². The van der Waals surface area contributed by atoms with Gasteiger partial charge in [-0.15, -0.1) is 0 Å². The summed E-state index contributed by atoms with van der Waals surface area (Å²) in [4.78, 5) is 26.2. The molecule has 0 atom stereocenters. The van der Waals surface area contributed by atoms with Gasteiger partial charge in [-0.05, 0) is 37.5 Å². The van der Waals surface area contributed by atoms with E-state index in [0.717, 1.165) is 0 Å². The van der Waals surface area contributed by atoms with E-state index in [1.807, 2.05) is 11.8 Å². The molecule has 0 saturated carbocycles. The van der Waals surface area contributed by atoms with Crippen molar-refractivity contribution in [1.82, 2.24) is 9.78 Å². The summed E-state index contributed by atoms with van der Waals surface area (Å²) in [6, 6.07) is 5.31. The van der Waals surface area contributed by atoms with Gasteiger partial charge in [0.1, 0.15) is 18.9 Å². The molecule has 0 aliphatic carbocycles. The zero-order valence-electron chi connectivity index (χ0n) is 16.6. The van der Waals surface area contributed by atoms with Crippen molar-refractivity contribution in [3.8, 4) is 11.5 Å². The van der Waals surface area contributed by atoms with Gasteiger partial charge in [0.2, 0.25) is 5.82 Å². The molecule has 0 unspecified atom stereocenters. The highest BCUT2D eigenvalue weighted by molar-refractivity contribution is 5.98. The Hall–Kier alpha value is -3.10. The Bertz CT molecular complexity index is 947. The second-order valence-corrected chi connectivity index (χ2v) is 7.34. The molecule has 1 fully saturated rings. The zero-order valence-corrected chi connectivity index (χ0v) is 16.6. The van der Waals surface area contributed by atoms with E-state index in [9.17, 15) is 14.9 Å². The summed E-state index contributed by atoms with van der Waals surface area (Å²) in [6.45, 7) is 4.00. The first kappa shape index (κ1) is 19.2. The van der Waals surface area contributed by atoms with Crippen molar-refractivity contribution in [2.45, 2.75) is 26.2 Å². The van der Waals surface area contributed by atoms with Crippen LogP contribution in [0.15, 0.2) is 18.2 Å². The molecule has 9 nitrogen and oxygen atoms in total. The number of aryl methyl sites for hydroxylation is 2.